The van der Waals surface area contributed by atoms with E-state index in [2.05, 4.69) is 10.2 Å². The van der Waals surface area contributed by atoms with Crippen molar-refractivity contribution in [1.29, 1.82) is 0 Å². The van der Waals surface area contributed by atoms with Crippen molar-refractivity contribution < 1.29 is 14.9 Å². The van der Waals surface area contributed by atoms with Crippen LogP contribution in [-0.4, -0.2) is 17.3 Å². The Hall–Kier alpha value is -2.40. The van der Waals surface area contributed by atoms with E-state index < -0.39 is 0 Å². The summed E-state index contributed by atoms with van der Waals surface area (Å²) < 4.78 is 5.06. The van der Waals surface area contributed by atoms with Gasteiger partial charge in [0.05, 0.1) is 19.4 Å². The van der Waals surface area contributed by atoms with Crippen molar-refractivity contribution in [3.8, 4) is 11.5 Å². The van der Waals surface area contributed by atoms with Crippen molar-refractivity contribution in [2.75, 3.05) is 7.11 Å². The number of hydrogen-bond donors (Lipinski definition) is 2. The Kier molecular flexibility index (Phi) is 4.32. The summed E-state index contributed by atoms with van der Waals surface area (Å²) in [6.45, 7) is 1.63. The normalized spacial score (nSPS) is 10.9. The van der Waals surface area contributed by atoms with Gasteiger partial charge in [0.1, 0.15) is 17.2 Å². The molecule has 2 aromatic carbocycles. The van der Waals surface area contributed by atoms with Gasteiger partial charge in [-0.3, -0.25) is 0 Å². The molecule has 104 valence electrons. The zero-order valence-corrected chi connectivity index (χ0v) is 11.4. The Labute approximate surface area is 117 Å². The maximum atomic E-state index is 9.94. The molecular weight excluding hydrogens is 256 g/mol. The zero-order valence-electron chi connectivity index (χ0n) is 11.4. The molecule has 0 bridgehead atoms. The van der Waals surface area contributed by atoms with Crippen LogP contribution in [0.1, 0.15) is 11.1 Å². The van der Waals surface area contributed by atoms with Gasteiger partial charge in [0, 0.05) is 5.56 Å². The summed E-state index contributed by atoms with van der Waals surface area (Å²) >= 11 is 0. The Balaban J connectivity index is 2.28. The van der Waals surface area contributed by atoms with Crippen LogP contribution in [0.5, 0.6) is 11.5 Å². The van der Waals surface area contributed by atoms with Gasteiger partial charge < -0.3 is 14.9 Å². The topological polar surface area (TPSA) is 74.4 Å². The molecule has 0 radical (unpaired) electrons. The highest BCUT2D eigenvalue weighted by molar-refractivity contribution is 5.57. The van der Waals surface area contributed by atoms with Crippen molar-refractivity contribution in [1.82, 2.24) is 0 Å². The van der Waals surface area contributed by atoms with Crippen LogP contribution in [0.2, 0.25) is 0 Å². The summed E-state index contributed by atoms with van der Waals surface area (Å²) in [6, 6.07) is 10.5. The van der Waals surface area contributed by atoms with E-state index in [4.69, 9.17) is 9.84 Å². The van der Waals surface area contributed by atoms with Gasteiger partial charge in [-0.1, -0.05) is 0 Å². The second-order valence-electron chi connectivity index (χ2n) is 4.35. The predicted octanol–water partition coefficient (Wildman–Crippen LogP) is 3.62. The van der Waals surface area contributed by atoms with E-state index in [1.54, 1.807) is 43.5 Å². The molecule has 0 atom stereocenters. The van der Waals surface area contributed by atoms with Crippen LogP contribution in [-0.2, 0) is 6.61 Å². The minimum Gasteiger partial charge on any atom is -0.505 e. The minimum absolute atomic E-state index is 0.0460. The Morgan fingerprint density at radius 2 is 1.80 bits per heavy atom. The smallest absolute Gasteiger partial charge is 0.148 e. The van der Waals surface area contributed by atoms with Crippen LogP contribution in [0.15, 0.2) is 46.6 Å². The van der Waals surface area contributed by atoms with Gasteiger partial charge in [0.15, 0.2) is 0 Å². The standard InChI is InChI=1S/C15H16N2O3/c1-10-7-11(9-18)15(19)14(8-10)17-16-12-3-5-13(20-2)6-4-12/h3-8,18-19H,9H2,1-2H3/b17-16+. The molecule has 0 saturated heterocycles. The lowest BCUT2D eigenvalue weighted by molar-refractivity contribution is 0.275. The molecule has 0 aliphatic heterocycles. The van der Waals surface area contributed by atoms with E-state index in [-0.39, 0.29) is 12.4 Å². The number of nitrogens with zero attached hydrogens (tertiary/aromatic N) is 2. The predicted molar refractivity (Wildman–Crippen MR) is 75.9 cm³/mol. The first-order valence-corrected chi connectivity index (χ1v) is 6.13. The van der Waals surface area contributed by atoms with Gasteiger partial charge in [0.2, 0.25) is 0 Å². The molecule has 0 aromatic heterocycles. The monoisotopic (exact) mass is 272 g/mol. The Morgan fingerprint density at radius 1 is 1.10 bits per heavy atom. The van der Waals surface area contributed by atoms with Gasteiger partial charge in [-0.2, -0.15) is 5.11 Å². The molecule has 0 heterocycles. The molecule has 0 amide bonds. The first-order valence-electron chi connectivity index (χ1n) is 6.13. The molecule has 0 fully saturated rings. The highest BCUT2D eigenvalue weighted by atomic mass is 16.5. The molecule has 0 aliphatic rings. The fraction of sp³-hybridized carbons (Fsp3) is 0.200. The number of rotatable bonds is 4. The molecule has 2 N–H and O–H groups in total. The van der Waals surface area contributed by atoms with E-state index in [0.29, 0.717) is 16.9 Å². The van der Waals surface area contributed by atoms with Gasteiger partial charge >= 0.3 is 0 Å². The molecule has 2 aromatic rings. The third kappa shape index (κ3) is 3.13. The molecule has 20 heavy (non-hydrogen) atoms. The molecule has 2 rings (SSSR count). The molecule has 0 spiro atoms. The third-order valence-corrected chi connectivity index (χ3v) is 2.83. The van der Waals surface area contributed by atoms with E-state index in [1.165, 1.54) is 0 Å². The van der Waals surface area contributed by atoms with Crippen molar-refractivity contribution in [2.24, 2.45) is 10.2 Å². The number of aryl methyl sites for hydroxylation is 1. The molecule has 0 unspecified atom stereocenters. The van der Waals surface area contributed by atoms with Gasteiger partial charge in [-0.25, -0.2) is 0 Å². The van der Waals surface area contributed by atoms with Gasteiger partial charge in [0.25, 0.3) is 0 Å². The van der Waals surface area contributed by atoms with Crippen LogP contribution in [0, 0.1) is 6.92 Å². The minimum atomic E-state index is -0.238. The first-order chi connectivity index (χ1) is 9.63. The summed E-state index contributed by atoms with van der Waals surface area (Å²) in [5.41, 5.74) is 2.33. The number of benzene rings is 2. The number of aromatic hydroxyl groups is 1. The van der Waals surface area contributed by atoms with Crippen LogP contribution >= 0.6 is 0 Å². The van der Waals surface area contributed by atoms with Gasteiger partial charge in [-0.05, 0) is 48.9 Å². The van der Waals surface area contributed by atoms with E-state index >= 15 is 0 Å². The fourth-order valence-electron chi connectivity index (χ4n) is 1.79. The number of aliphatic hydroxyl groups excluding tert-OH is 1. The summed E-state index contributed by atoms with van der Waals surface area (Å²) in [6.07, 6.45) is 0. The lowest BCUT2D eigenvalue weighted by Gasteiger charge is -2.05. The average Bonchev–Trinajstić information content (AvgIpc) is 2.48. The zero-order chi connectivity index (χ0) is 14.5. The van der Waals surface area contributed by atoms with Crippen molar-refractivity contribution in [3.05, 3.63) is 47.5 Å². The average molecular weight is 272 g/mol. The number of hydrogen-bond acceptors (Lipinski definition) is 5. The summed E-state index contributed by atoms with van der Waals surface area (Å²) in [5, 5.41) is 27.2. The molecular formula is C15H16N2O3. The second kappa shape index (κ2) is 6.16. The third-order valence-electron chi connectivity index (χ3n) is 2.83. The number of methoxy groups -OCH3 is 1. The SMILES string of the molecule is COc1ccc(/N=N/c2cc(C)cc(CO)c2O)cc1. The molecule has 5 nitrogen and oxygen atoms in total. The first kappa shape index (κ1) is 14.0. The van der Waals surface area contributed by atoms with Crippen molar-refractivity contribution in [2.45, 2.75) is 13.5 Å². The highest BCUT2D eigenvalue weighted by Gasteiger charge is 2.07. The van der Waals surface area contributed by atoms with Gasteiger partial charge in [-0.15, -0.1) is 5.11 Å². The molecule has 0 saturated carbocycles. The summed E-state index contributed by atoms with van der Waals surface area (Å²) in [5.74, 6) is 0.695. The van der Waals surface area contributed by atoms with Crippen LogP contribution in [0.4, 0.5) is 11.4 Å². The number of ether oxygens (including phenoxy) is 1. The van der Waals surface area contributed by atoms with E-state index in [0.717, 1.165) is 11.3 Å². The lowest BCUT2D eigenvalue weighted by atomic mass is 10.1. The van der Waals surface area contributed by atoms with E-state index in [1.807, 2.05) is 6.92 Å². The van der Waals surface area contributed by atoms with E-state index in [9.17, 15) is 5.11 Å². The lowest BCUT2D eigenvalue weighted by Crippen LogP contribution is -1.86. The van der Waals surface area contributed by atoms with Crippen LogP contribution < -0.4 is 4.74 Å². The maximum absolute atomic E-state index is 9.94. The van der Waals surface area contributed by atoms with Crippen molar-refractivity contribution >= 4 is 11.4 Å². The Bertz CT molecular complexity index is 622. The quantitative estimate of drug-likeness (QED) is 0.835. The fourth-order valence-corrected chi connectivity index (χ4v) is 1.79. The summed E-state index contributed by atoms with van der Waals surface area (Å²) in [7, 11) is 1.59. The highest BCUT2D eigenvalue weighted by Crippen LogP contribution is 2.33. The van der Waals surface area contributed by atoms with Crippen LogP contribution in [0.25, 0.3) is 0 Å². The number of aliphatic hydroxyl groups is 1. The second-order valence-corrected chi connectivity index (χ2v) is 4.35. The number of phenols is 1. The maximum Gasteiger partial charge on any atom is 0.148 e. The largest absolute Gasteiger partial charge is 0.505 e. The summed E-state index contributed by atoms with van der Waals surface area (Å²) in [4.78, 5) is 0. The number of azo groups is 1. The molecule has 0 aliphatic carbocycles. The van der Waals surface area contributed by atoms with Crippen molar-refractivity contribution in [3.63, 3.8) is 0 Å². The van der Waals surface area contributed by atoms with Crippen LogP contribution in [0.3, 0.4) is 0 Å². The molecule has 5 heteroatoms. The Morgan fingerprint density at radius 3 is 2.40 bits per heavy atom.